The van der Waals surface area contributed by atoms with Gasteiger partial charge in [-0.3, -0.25) is 0 Å². The van der Waals surface area contributed by atoms with Crippen LogP contribution in [0.3, 0.4) is 0 Å². The summed E-state index contributed by atoms with van der Waals surface area (Å²) in [5.41, 5.74) is 28.7. The third-order valence-electron chi connectivity index (χ3n) is 21.6. The lowest BCUT2D eigenvalue weighted by atomic mass is 9.85. The molecule has 0 aliphatic heterocycles. The Bertz CT molecular complexity index is 5740. The van der Waals surface area contributed by atoms with Gasteiger partial charge in [0.25, 0.3) is 0 Å². The Kier molecular flexibility index (Phi) is 21.2. The van der Waals surface area contributed by atoms with E-state index in [0.717, 1.165) is 147 Å². The molecule has 0 radical (unpaired) electrons. The van der Waals surface area contributed by atoms with Crippen molar-refractivity contribution in [2.24, 2.45) is 0 Å². The number of rotatable bonds is 22. The molecular weight excluding hydrogens is 1410 g/mol. The van der Waals surface area contributed by atoms with Gasteiger partial charge >= 0.3 is 0 Å². The van der Waals surface area contributed by atoms with Gasteiger partial charge < -0.3 is 29.4 Å². The SMILES string of the molecule is CC(C)(C)c1ccc(-c2cccc(-c3ccc(C(C)(C)C)cc3)c2N(c2cccc(N(c3ccccc3)c3cc(N(c4ccccc4)c4ccccc4-c4ccccc4)cc(N(c4ccccc4)c4ccccc4-c4ccccc4)c3)c2)c2cc(N(c3ccccc3)c3ccccc3)cc(N(c3ccccc3)c3ccccc3)c2)cc1. The van der Waals surface area contributed by atoms with Gasteiger partial charge in [-0.1, -0.05) is 339 Å². The summed E-state index contributed by atoms with van der Waals surface area (Å²) in [5.74, 6) is 0. The predicted molar refractivity (Wildman–Crippen MR) is 494 cm³/mol. The minimum absolute atomic E-state index is 0.0854. The Hall–Kier alpha value is -14.5. The van der Waals surface area contributed by atoms with Crippen molar-refractivity contribution in [1.29, 1.82) is 0 Å². The van der Waals surface area contributed by atoms with Gasteiger partial charge in [-0.15, -0.1) is 0 Å². The summed E-state index contributed by atoms with van der Waals surface area (Å²) >= 11 is 0. The van der Waals surface area contributed by atoms with Crippen LogP contribution >= 0.6 is 0 Å². The van der Waals surface area contributed by atoms with E-state index < -0.39 is 0 Å². The molecule has 116 heavy (non-hydrogen) atoms. The first-order valence-electron chi connectivity index (χ1n) is 40.0. The minimum Gasteiger partial charge on any atom is -0.310 e. The maximum absolute atomic E-state index is 2.55. The predicted octanol–water partition coefficient (Wildman–Crippen LogP) is 31.8. The first-order valence-corrected chi connectivity index (χ1v) is 40.0. The van der Waals surface area contributed by atoms with E-state index in [2.05, 4.69) is 520 Å². The van der Waals surface area contributed by atoms with Crippen molar-refractivity contribution in [2.45, 2.75) is 52.4 Å². The van der Waals surface area contributed by atoms with Gasteiger partial charge in [0, 0.05) is 73.4 Å². The Labute approximate surface area is 684 Å². The number of benzene rings is 17. The molecule has 0 aliphatic carbocycles. The summed E-state index contributed by atoms with van der Waals surface area (Å²) in [5, 5.41) is 0. The van der Waals surface area contributed by atoms with Crippen LogP contribution in [0.4, 0.5) is 102 Å². The lowest BCUT2D eigenvalue weighted by Gasteiger charge is -2.35. The Morgan fingerprint density at radius 2 is 0.345 bits per heavy atom. The molecule has 0 heterocycles. The zero-order valence-electron chi connectivity index (χ0n) is 66.4. The van der Waals surface area contributed by atoms with Gasteiger partial charge in [-0.05, 0) is 196 Å². The first kappa shape index (κ1) is 74.3. The zero-order valence-corrected chi connectivity index (χ0v) is 66.4. The number of hydrogen-bond donors (Lipinski definition) is 0. The Balaban J connectivity index is 0.986. The van der Waals surface area contributed by atoms with Crippen LogP contribution in [0.5, 0.6) is 0 Å². The Morgan fingerprint density at radius 1 is 0.147 bits per heavy atom. The third-order valence-corrected chi connectivity index (χ3v) is 21.6. The summed E-state index contributed by atoms with van der Waals surface area (Å²) < 4.78 is 0. The highest BCUT2D eigenvalue weighted by atomic mass is 15.2. The standard InChI is InChI=1S/C110H92N6/c1-109(2,3)85-70-66-83(67-71-85)104-62-39-63-105(84-68-72-86(73-69-84)110(4,5)6)108(104)116(101-78-96(111(87-44-20-9-21-45-87)88-46-22-10-23-47-88)75-97(79-101)112(89-48-24-11-25-49-89)90-50-26-12-27-51-90)95-59-38-58-94(74-95)113(91-52-28-13-29-53-91)98-76-99(114(92-54-30-14-31-55-92)106-64-36-34-60-102(106)81-40-16-7-17-41-81)80-100(77-98)115(93-56-32-15-33-57-93)107-65-37-35-61-103(107)82-42-18-8-19-43-82/h7-80H,1-6H3. The van der Waals surface area contributed by atoms with Crippen molar-refractivity contribution >= 4 is 102 Å². The molecule has 0 fully saturated rings. The average molecular weight is 1500 g/mol. The largest absolute Gasteiger partial charge is 0.310 e. The number of para-hydroxylation sites is 10. The van der Waals surface area contributed by atoms with Gasteiger partial charge in [0.2, 0.25) is 0 Å². The van der Waals surface area contributed by atoms with E-state index in [4.69, 9.17) is 0 Å². The molecule has 0 atom stereocenters. The maximum atomic E-state index is 2.55. The molecule has 0 saturated heterocycles. The van der Waals surface area contributed by atoms with Gasteiger partial charge in [0.1, 0.15) is 0 Å². The molecule has 17 rings (SSSR count). The van der Waals surface area contributed by atoms with Crippen molar-refractivity contribution in [3.63, 3.8) is 0 Å². The van der Waals surface area contributed by atoms with Crippen molar-refractivity contribution in [3.8, 4) is 44.5 Å². The fourth-order valence-electron chi connectivity index (χ4n) is 16.0. The normalized spacial score (nSPS) is 11.4. The number of hydrogen-bond acceptors (Lipinski definition) is 6. The van der Waals surface area contributed by atoms with E-state index in [1.165, 1.54) is 11.1 Å². The van der Waals surface area contributed by atoms with Crippen LogP contribution < -0.4 is 29.4 Å². The average Bonchev–Trinajstić information content (AvgIpc) is 0.749. The number of nitrogens with zero attached hydrogens (tertiary/aromatic N) is 6. The van der Waals surface area contributed by atoms with Gasteiger partial charge in [0.05, 0.1) is 51.2 Å². The molecule has 6 nitrogen and oxygen atoms in total. The van der Waals surface area contributed by atoms with Crippen LogP contribution in [0.2, 0.25) is 0 Å². The quantitative estimate of drug-likeness (QED) is 0.0669. The van der Waals surface area contributed by atoms with Gasteiger partial charge in [0.15, 0.2) is 0 Å². The molecule has 17 aromatic rings. The fourth-order valence-corrected chi connectivity index (χ4v) is 16.0. The highest BCUT2D eigenvalue weighted by molar-refractivity contribution is 6.02. The molecule has 0 aromatic heterocycles. The molecule has 0 aliphatic rings. The lowest BCUT2D eigenvalue weighted by Crippen LogP contribution is -2.18. The van der Waals surface area contributed by atoms with Crippen LogP contribution in [-0.2, 0) is 10.8 Å². The summed E-state index contributed by atoms with van der Waals surface area (Å²) in [6.45, 7) is 13.8. The van der Waals surface area contributed by atoms with Crippen LogP contribution in [0.25, 0.3) is 44.5 Å². The topological polar surface area (TPSA) is 19.4 Å². The molecule has 0 N–H and O–H groups in total. The van der Waals surface area contributed by atoms with E-state index in [0.29, 0.717) is 0 Å². The molecule has 17 aromatic carbocycles. The minimum atomic E-state index is -0.0854. The molecule has 562 valence electrons. The molecule has 0 amide bonds. The molecular formula is C110H92N6. The molecule has 6 heteroatoms. The summed E-state index contributed by atoms with van der Waals surface area (Å²) in [6, 6.07) is 164. The smallest absolute Gasteiger partial charge is 0.0618 e. The summed E-state index contributed by atoms with van der Waals surface area (Å²) in [7, 11) is 0. The highest BCUT2D eigenvalue weighted by Crippen LogP contribution is 2.54. The van der Waals surface area contributed by atoms with E-state index in [1.807, 2.05) is 0 Å². The molecule has 0 unspecified atom stereocenters. The Morgan fingerprint density at radius 3 is 0.647 bits per heavy atom. The molecule has 0 spiro atoms. The van der Waals surface area contributed by atoms with Gasteiger partial charge in [-0.25, -0.2) is 0 Å². The van der Waals surface area contributed by atoms with E-state index >= 15 is 0 Å². The summed E-state index contributed by atoms with van der Waals surface area (Å²) in [6.07, 6.45) is 0. The van der Waals surface area contributed by atoms with E-state index in [-0.39, 0.29) is 10.8 Å². The van der Waals surface area contributed by atoms with Crippen LogP contribution in [-0.4, -0.2) is 0 Å². The zero-order chi connectivity index (χ0) is 79.0. The first-order chi connectivity index (χ1) is 56.8. The van der Waals surface area contributed by atoms with Crippen molar-refractivity contribution in [2.75, 3.05) is 29.4 Å². The monoisotopic (exact) mass is 1500 g/mol. The van der Waals surface area contributed by atoms with Crippen LogP contribution in [0.15, 0.2) is 449 Å². The second-order valence-electron chi connectivity index (χ2n) is 31.4. The molecule has 0 bridgehead atoms. The van der Waals surface area contributed by atoms with Gasteiger partial charge in [-0.2, -0.15) is 0 Å². The second kappa shape index (κ2) is 33.1. The van der Waals surface area contributed by atoms with Crippen LogP contribution in [0.1, 0.15) is 52.7 Å². The number of anilines is 18. The van der Waals surface area contributed by atoms with Crippen molar-refractivity contribution in [3.05, 3.63) is 460 Å². The fraction of sp³-hybridized carbons (Fsp3) is 0.0727. The van der Waals surface area contributed by atoms with E-state index in [9.17, 15) is 0 Å². The lowest BCUT2D eigenvalue weighted by molar-refractivity contribution is 0.590. The maximum Gasteiger partial charge on any atom is 0.0618 e. The third kappa shape index (κ3) is 15.8. The highest BCUT2D eigenvalue weighted by Gasteiger charge is 2.31. The van der Waals surface area contributed by atoms with E-state index in [1.54, 1.807) is 0 Å². The molecule has 0 saturated carbocycles. The van der Waals surface area contributed by atoms with Crippen LogP contribution in [0, 0.1) is 0 Å². The summed E-state index contributed by atoms with van der Waals surface area (Å²) in [4.78, 5) is 14.7. The van der Waals surface area contributed by atoms with Crippen molar-refractivity contribution in [1.82, 2.24) is 0 Å². The van der Waals surface area contributed by atoms with Crippen molar-refractivity contribution < 1.29 is 0 Å². The second-order valence-corrected chi connectivity index (χ2v) is 31.4.